The molecule has 2 aromatic rings. The Kier molecular flexibility index (Phi) is 7.43. The van der Waals surface area contributed by atoms with E-state index in [2.05, 4.69) is 0 Å². The molecule has 0 atom stereocenters. The first-order valence-corrected chi connectivity index (χ1v) is 10.8. The standard InChI is InChI=1S/C23H30ClN3O3/c1-17(2)13-26(23(29)16-30-21-10-6-18(24)7-11-21)15-22(28)27(19-8-9-19)14-20-5-4-12-25(20)3/h4-7,10-12,17,19H,8-9,13-16H2,1-3H3. The van der Waals surface area contributed by atoms with Crippen molar-refractivity contribution in [2.24, 2.45) is 13.0 Å². The van der Waals surface area contributed by atoms with Gasteiger partial charge in [0.25, 0.3) is 5.91 Å². The van der Waals surface area contributed by atoms with Crippen molar-refractivity contribution in [2.75, 3.05) is 19.7 Å². The number of carbonyl (C=O) groups excluding carboxylic acids is 2. The zero-order chi connectivity index (χ0) is 21.7. The van der Waals surface area contributed by atoms with Crippen molar-refractivity contribution < 1.29 is 14.3 Å². The predicted octanol–water partition coefficient (Wildman–Crippen LogP) is 3.73. The summed E-state index contributed by atoms with van der Waals surface area (Å²) in [5.74, 6) is 0.618. The van der Waals surface area contributed by atoms with Crippen molar-refractivity contribution >= 4 is 23.4 Å². The van der Waals surface area contributed by atoms with Crippen LogP contribution in [0.15, 0.2) is 42.6 Å². The number of aromatic nitrogens is 1. The molecule has 162 valence electrons. The average Bonchev–Trinajstić information content (AvgIpc) is 3.46. The third kappa shape index (κ3) is 6.26. The molecular formula is C23H30ClN3O3. The molecule has 0 spiro atoms. The second-order valence-corrected chi connectivity index (χ2v) is 8.71. The monoisotopic (exact) mass is 431 g/mol. The smallest absolute Gasteiger partial charge is 0.260 e. The van der Waals surface area contributed by atoms with Crippen molar-refractivity contribution in [3.8, 4) is 5.75 Å². The van der Waals surface area contributed by atoms with Crippen molar-refractivity contribution in [1.82, 2.24) is 14.4 Å². The van der Waals surface area contributed by atoms with Gasteiger partial charge in [-0.25, -0.2) is 0 Å². The number of ether oxygens (including phenoxy) is 1. The van der Waals surface area contributed by atoms with E-state index in [-0.39, 0.29) is 36.9 Å². The summed E-state index contributed by atoms with van der Waals surface area (Å²) in [5.41, 5.74) is 1.09. The van der Waals surface area contributed by atoms with E-state index in [0.29, 0.717) is 23.9 Å². The number of halogens is 1. The maximum absolute atomic E-state index is 13.1. The van der Waals surface area contributed by atoms with Crippen LogP contribution in [0.3, 0.4) is 0 Å². The van der Waals surface area contributed by atoms with Gasteiger partial charge >= 0.3 is 0 Å². The maximum atomic E-state index is 13.1. The first-order chi connectivity index (χ1) is 14.3. The fourth-order valence-electron chi connectivity index (χ4n) is 3.36. The number of amides is 2. The van der Waals surface area contributed by atoms with E-state index >= 15 is 0 Å². The van der Waals surface area contributed by atoms with Crippen LogP contribution in [0.1, 0.15) is 32.4 Å². The molecule has 6 nitrogen and oxygen atoms in total. The number of carbonyl (C=O) groups is 2. The average molecular weight is 432 g/mol. The quantitative estimate of drug-likeness (QED) is 0.576. The largest absolute Gasteiger partial charge is 0.484 e. The molecule has 2 amide bonds. The molecule has 1 aromatic heterocycles. The summed E-state index contributed by atoms with van der Waals surface area (Å²) in [7, 11) is 1.98. The molecule has 1 saturated carbocycles. The second kappa shape index (κ2) is 10.0. The molecule has 0 N–H and O–H groups in total. The molecule has 1 aliphatic carbocycles. The van der Waals surface area contributed by atoms with Crippen LogP contribution in [0.5, 0.6) is 5.75 Å². The Labute approximate surface area is 183 Å². The van der Waals surface area contributed by atoms with Gasteiger partial charge in [0.2, 0.25) is 5.91 Å². The highest BCUT2D eigenvalue weighted by atomic mass is 35.5. The predicted molar refractivity (Wildman–Crippen MR) is 117 cm³/mol. The third-order valence-corrected chi connectivity index (χ3v) is 5.38. The summed E-state index contributed by atoms with van der Waals surface area (Å²) in [4.78, 5) is 29.5. The minimum absolute atomic E-state index is 0.0146. The molecular weight excluding hydrogens is 402 g/mol. The Morgan fingerprint density at radius 1 is 1.17 bits per heavy atom. The molecule has 0 unspecified atom stereocenters. The molecule has 30 heavy (non-hydrogen) atoms. The van der Waals surface area contributed by atoms with Crippen molar-refractivity contribution in [3.63, 3.8) is 0 Å². The van der Waals surface area contributed by atoms with Crippen LogP contribution in [0.2, 0.25) is 5.02 Å². The Morgan fingerprint density at radius 3 is 2.43 bits per heavy atom. The lowest BCUT2D eigenvalue weighted by Gasteiger charge is -2.29. The zero-order valence-electron chi connectivity index (χ0n) is 17.9. The highest BCUT2D eigenvalue weighted by molar-refractivity contribution is 6.30. The molecule has 1 heterocycles. The van der Waals surface area contributed by atoms with Crippen LogP contribution in [0.4, 0.5) is 0 Å². The lowest BCUT2D eigenvalue weighted by atomic mass is 10.2. The summed E-state index contributed by atoms with van der Waals surface area (Å²) in [6.07, 6.45) is 4.02. The van der Waals surface area contributed by atoms with Gasteiger partial charge in [0.05, 0.1) is 13.1 Å². The fourth-order valence-corrected chi connectivity index (χ4v) is 3.48. The van der Waals surface area contributed by atoms with Gasteiger partial charge in [-0.05, 0) is 55.2 Å². The summed E-state index contributed by atoms with van der Waals surface area (Å²) >= 11 is 5.89. The molecule has 0 radical (unpaired) electrons. The number of hydrogen-bond donors (Lipinski definition) is 0. The van der Waals surface area contributed by atoms with Crippen molar-refractivity contribution in [3.05, 3.63) is 53.3 Å². The van der Waals surface area contributed by atoms with Crippen LogP contribution in [0.25, 0.3) is 0 Å². The van der Waals surface area contributed by atoms with Gasteiger partial charge in [-0.3, -0.25) is 9.59 Å². The van der Waals surface area contributed by atoms with E-state index < -0.39 is 0 Å². The number of hydrogen-bond acceptors (Lipinski definition) is 3. The summed E-state index contributed by atoms with van der Waals surface area (Å²) in [6.45, 7) is 5.11. The normalized spacial score (nSPS) is 13.4. The molecule has 1 aromatic carbocycles. The van der Waals surface area contributed by atoms with Crippen LogP contribution >= 0.6 is 11.6 Å². The van der Waals surface area contributed by atoms with Crippen molar-refractivity contribution in [2.45, 2.75) is 39.3 Å². The van der Waals surface area contributed by atoms with Crippen LogP contribution < -0.4 is 4.74 Å². The van der Waals surface area contributed by atoms with Crippen LogP contribution in [0, 0.1) is 5.92 Å². The number of benzene rings is 1. The van der Waals surface area contributed by atoms with Gasteiger partial charge in [0.1, 0.15) is 5.75 Å². The van der Waals surface area contributed by atoms with Crippen molar-refractivity contribution in [1.29, 1.82) is 0 Å². The number of rotatable bonds is 10. The summed E-state index contributed by atoms with van der Waals surface area (Å²) in [6, 6.07) is 11.2. The first kappa shape index (κ1) is 22.2. The lowest BCUT2D eigenvalue weighted by Crippen LogP contribution is -2.46. The molecule has 1 aliphatic rings. The Balaban J connectivity index is 1.63. The second-order valence-electron chi connectivity index (χ2n) is 8.27. The van der Waals surface area contributed by atoms with E-state index in [9.17, 15) is 9.59 Å². The Bertz CT molecular complexity index is 859. The van der Waals surface area contributed by atoms with E-state index in [0.717, 1.165) is 18.5 Å². The molecule has 1 fully saturated rings. The minimum Gasteiger partial charge on any atom is -0.484 e. The van der Waals surface area contributed by atoms with E-state index in [1.807, 2.05) is 48.7 Å². The van der Waals surface area contributed by atoms with Gasteiger partial charge in [0, 0.05) is 36.5 Å². The SMILES string of the molecule is CC(C)CN(CC(=O)N(Cc1cccn1C)C1CC1)C(=O)COc1ccc(Cl)cc1. The van der Waals surface area contributed by atoms with E-state index in [1.54, 1.807) is 29.2 Å². The van der Waals surface area contributed by atoms with E-state index in [4.69, 9.17) is 16.3 Å². The van der Waals surface area contributed by atoms with Crippen LogP contribution in [-0.4, -0.2) is 51.9 Å². The molecule has 7 heteroatoms. The Morgan fingerprint density at radius 2 is 1.87 bits per heavy atom. The minimum atomic E-state index is -0.193. The topological polar surface area (TPSA) is 54.8 Å². The Hall–Kier alpha value is -2.47. The maximum Gasteiger partial charge on any atom is 0.260 e. The van der Waals surface area contributed by atoms with Crippen LogP contribution in [-0.2, 0) is 23.2 Å². The number of nitrogens with zero attached hydrogens (tertiary/aromatic N) is 3. The van der Waals surface area contributed by atoms with Gasteiger partial charge in [-0.15, -0.1) is 0 Å². The zero-order valence-corrected chi connectivity index (χ0v) is 18.6. The van der Waals surface area contributed by atoms with E-state index in [1.165, 1.54) is 0 Å². The van der Waals surface area contributed by atoms with Gasteiger partial charge < -0.3 is 19.1 Å². The molecule has 0 bridgehead atoms. The number of aryl methyl sites for hydroxylation is 1. The molecule has 0 aliphatic heterocycles. The van der Waals surface area contributed by atoms with Gasteiger partial charge in [-0.2, -0.15) is 0 Å². The molecule has 0 saturated heterocycles. The fraction of sp³-hybridized carbons (Fsp3) is 0.478. The third-order valence-electron chi connectivity index (χ3n) is 5.13. The summed E-state index contributed by atoms with van der Waals surface area (Å²) < 4.78 is 7.64. The molecule has 3 rings (SSSR count). The first-order valence-electron chi connectivity index (χ1n) is 10.4. The highest BCUT2D eigenvalue weighted by Gasteiger charge is 2.34. The lowest BCUT2D eigenvalue weighted by molar-refractivity contribution is -0.142. The highest BCUT2D eigenvalue weighted by Crippen LogP contribution is 2.28. The van der Waals surface area contributed by atoms with Gasteiger partial charge in [0.15, 0.2) is 6.61 Å². The summed E-state index contributed by atoms with van der Waals surface area (Å²) in [5, 5.41) is 0.610. The van der Waals surface area contributed by atoms with Gasteiger partial charge in [-0.1, -0.05) is 25.4 Å².